The van der Waals surface area contributed by atoms with Crippen LogP contribution in [0.5, 0.6) is 0 Å². The highest BCUT2D eigenvalue weighted by molar-refractivity contribution is 7.92. The molecule has 0 heterocycles. The smallest absolute Gasteiger partial charge is 0.338 e. The van der Waals surface area contributed by atoms with Crippen LogP contribution in [0.3, 0.4) is 0 Å². The quantitative estimate of drug-likeness (QED) is 0.643. The van der Waals surface area contributed by atoms with Gasteiger partial charge in [0.2, 0.25) is 0 Å². The van der Waals surface area contributed by atoms with Gasteiger partial charge in [-0.15, -0.1) is 0 Å². The van der Waals surface area contributed by atoms with Crippen LogP contribution in [0.25, 0.3) is 0 Å². The number of anilines is 1. The number of hydrogen-bond acceptors (Lipinski definition) is 6. The third kappa shape index (κ3) is 5.07. The van der Waals surface area contributed by atoms with Gasteiger partial charge >= 0.3 is 11.9 Å². The molecule has 0 N–H and O–H groups in total. The molecule has 0 bridgehead atoms. The van der Waals surface area contributed by atoms with Gasteiger partial charge in [-0.25, -0.2) is 13.2 Å². The Morgan fingerprint density at radius 3 is 2.19 bits per heavy atom. The Kier molecular flexibility index (Phi) is 6.95. The van der Waals surface area contributed by atoms with Gasteiger partial charge in [-0.3, -0.25) is 9.10 Å². The van der Waals surface area contributed by atoms with Crippen molar-refractivity contribution < 1.29 is 27.5 Å². The summed E-state index contributed by atoms with van der Waals surface area (Å²) in [7, 11) is -2.69. The van der Waals surface area contributed by atoms with E-state index in [0.29, 0.717) is 5.69 Å². The molecule has 0 aliphatic rings. The average molecular weight is 391 g/mol. The third-order valence-corrected chi connectivity index (χ3v) is 5.59. The second-order valence-electron chi connectivity index (χ2n) is 5.48. The first-order valence-electron chi connectivity index (χ1n) is 8.32. The van der Waals surface area contributed by atoms with Crippen molar-refractivity contribution in [2.24, 2.45) is 0 Å². The van der Waals surface area contributed by atoms with E-state index in [4.69, 9.17) is 4.74 Å². The molecular weight excluding hydrogens is 370 g/mol. The first-order chi connectivity index (χ1) is 12.9. The van der Waals surface area contributed by atoms with Crippen molar-refractivity contribution in [2.75, 3.05) is 24.6 Å². The van der Waals surface area contributed by atoms with Crippen molar-refractivity contribution in [3.63, 3.8) is 0 Å². The van der Waals surface area contributed by atoms with Crippen molar-refractivity contribution in [1.29, 1.82) is 0 Å². The summed E-state index contributed by atoms with van der Waals surface area (Å²) in [5, 5.41) is 0. The number of ether oxygens (including phenoxy) is 2. The molecule has 2 rings (SSSR count). The second kappa shape index (κ2) is 9.18. The monoisotopic (exact) mass is 391 g/mol. The SMILES string of the molecule is CCOC(=O)c1ccc(S(=O)(=O)N(CCC(=O)OC)c2ccccc2)cc1. The first-order valence-corrected chi connectivity index (χ1v) is 9.76. The van der Waals surface area contributed by atoms with Gasteiger partial charge < -0.3 is 9.47 Å². The van der Waals surface area contributed by atoms with Gasteiger partial charge in [0, 0.05) is 6.54 Å². The van der Waals surface area contributed by atoms with Gasteiger partial charge in [0.15, 0.2) is 0 Å². The summed E-state index contributed by atoms with van der Waals surface area (Å²) in [6, 6.07) is 13.9. The maximum Gasteiger partial charge on any atom is 0.338 e. The van der Waals surface area contributed by atoms with E-state index < -0.39 is 22.0 Å². The van der Waals surface area contributed by atoms with Crippen LogP contribution in [0.1, 0.15) is 23.7 Å². The molecule has 7 nitrogen and oxygen atoms in total. The number of esters is 2. The largest absolute Gasteiger partial charge is 0.469 e. The zero-order chi connectivity index (χ0) is 19.9. The van der Waals surface area contributed by atoms with Crippen LogP contribution < -0.4 is 4.31 Å². The molecular formula is C19H21NO6S. The molecule has 0 saturated carbocycles. The van der Waals surface area contributed by atoms with E-state index in [9.17, 15) is 18.0 Å². The molecule has 27 heavy (non-hydrogen) atoms. The van der Waals surface area contributed by atoms with Crippen molar-refractivity contribution in [1.82, 2.24) is 0 Å². The fraction of sp³-hybridized carbons (Fsp3) is 0.263. The Morgan fingerprint density at radius 1 is 1.00 bits per heavy atom. The highest BCUT2D eigenvalue weighted by atomic mass is 32.2. The molecule has 8 heteroatoms. The average Bonchev–Trinajstić information content (AvgIpc) is 2.69. The van der Waals surface area contributed by atoms with E-state index in [1.165, 1.54) is 31.4 Å². The number of rotatable bonds is 8. The summed E-state index contributed by atoms with van der Waals surface area (Å²) in [4.78, 5) is 23.2. The van der Waals surface area contributed by atoms with Crippen LogP contribution in [-0.2, 0) is 24.3 Å². The normalized spacial score (nSPS) is 10.9. The van der Waals surface area contributed by atoms with Crippen LogP contribution in [-0.4, -0.2) is 40.6 Å². The van der Waals surface area contributed by atoms with E-state index in [2.05, 4.69) is 4.74 Å². The van der Waals surface area contributed by atoms with E-state index in [1.807, 2.05) is 0 Å². The highest BCUT2D eigenvalue weighted by Gasteiger charge is 2.26. The van der Waals surface area contributed by atoms with Gasteiger partial charge in [-0.05, 0) is 43.3 Å². The van der Waals surface area contributed by atoms with Crippen molar-refractivity contribution in [3.8, 4) is 0 Å². The molecule has 0 unspecified atom stereocenters. The molecule has 0 amide bonds. The molecule has 0 fully saturated rings. The number of nitrogens with zero attached hydrogens (tertiary/aromatic N) is 1. The van der Waals surface area contributed by atoms with E-state index in [1.54, 1.807) is 37.3 Å². The molecule has 0 aliphatic heterocycles. The fourth-order valence-electron chi connectivity index (χ4n) is 2.38. The van der Waals surface area contributed by atoms with E-state index in [0.717, 1.165) is 4.31 Å². The number of methoxy groups -OCH3 is 1. The molecule has 2 aromatic carbocycles. The first kappa shape index (κ1) is 20.4. The lowest BCUT2D eigenvalue weighted by atomic mass is 10.2. The Balaban J connectivity index is 2.35. The fourth-order valence-corrected chi connectivity index (χ4v) is 3.85. The van der Waals surface area contributed by atoms with Crippen molar-refractivity contribution in [2.45, 2.75) is 18.2 Å². The van der Waals surface area contributed by atoms with Crippen molar-refractivity contribution >= 4 is 27.6 Å². The lowest BCUT2D eigenvalue weighted by Crippen LogP contribution is -2.33. The summed E-state index contributed by atoms with van der Waals surface area (Å²) >= 11 is 0. The van der Waals surface area contributed by atoms with Gasteiger partial charge in [0.1, 0.15) is 0 Å². The molecule has 0 aliphatic carbocycles. The number of carbonyl (C=O) groups excluding carboxylic acids is 2. The Hall–Kier alpha value is -2.87. The summed E-state index contributed by atoms with van der Waals surface area (Å²) in [5.74, 6) is -1.03. The Labute approximate surface area is 158 Å². The number of hydrogen-bond donors (Lipinski definition) is 0. The zero-order valence-corrected chi connectivity index (χ0v) is 15.9. The Bertz CT molecular complexity index is 878. The molecule has 144 valence electrons. The third-order valence-electron chi connectivity index (χ3n) is 3.74. The van der Waals surface area contributed by atoms with E-state index in [-0.39, 0.29) is 30.0 Å². The summed E-state index contributed by atoms with van der Waals surface area (Å²) in [6.45, 7) is 1.85. The minimum Gasteiger partial charge on any atom is -0.469 e. The van der Waals surface area contributed by atoms with Crippen LogP contribution in [0.4, 0.5) is 5.69 Å². The maximum atomic E-state index is 13.1. The summed E-state index contributed by atoms with van der Waals surface area (Å²) in [5.41, 5.74) is 0.687. The molecule has 0 radical (unpaired) electrons. The minimum atomic E-state index is -3.94. The summed E-state index contributed by atoms with van der Waals surface area (Å²) in [6.07, 6.45) is -0.0917. The van der Waals surface area contributed by atoms with Crippen LogP contribution in [0.15, 0.2) is 59.5 Å². The van der Waals surface area contributed by atoms with Gasteiger partial charge in [-0.2, -0.15) is 0 Å². The number of carbonyl (C=O) groups is 2. The Morgan fingerprint density at radius 2 is 1.63 bits per heavy atom. The standard InChI is InChI=1S/C19H21NO6S/c1-3-26-19(22)15-9-11-17(12-10-15)27(23,24)20(14-13-18(21)25-2)16-7-5-4-6-8-16/h4-12H,3,13-14H2,1-2H3. The predicted octanol–water partition coefficient (Wildman–Crippen LogP) is 2.62. The zero-order valence-electron chi connectivity index (χ0n) is 15.1. The van der Waals surface area contributed by atoms with Crippen LogP contribution >= 0.6 is 0 Å². The molecule has 0 atom stereocenters. The second-order valence-corrected chi connectivity index (χ2v) is 7.35. The number of sulfonamides is 1. The van der Waals surface area contributed by atoms with E-state index >= 15 is 0 Å². The van der Waals surface area contributed by atoms with Crippen LogP contribution in [0, 0.1) is 0 Å². The molecule has 2 aromatic rings. The van der Waals surface area contributed by atoms with Gasteiger partial charge in [0.25, 0.3) is 10.0 Å². The topological polar surface area (TPSA) is 90.0 Å². The summed E-state index contributed by atoms with van der Waals surface area (Å²) < 4.78 is 36.8. The van der Waals surface area contributed by atoms with Crippen LogP contribution in [0.2, 0.25) is 0 Å². The van der Waals surface area contributed by atoms with Gasteiger partial charge in [0.05, 0.1) is 36.3 Å². The lowest BCUT2D eigenvalue weighted by Gasteiger charge is -2.24. The number of para-hydroxylation sites is 1. The maximum absolute atomic E-state index is 13.1. The predicted molar refractivity (Wildman–Crippen MR) is 100 cm³/mol. The molecule has 0 saturated heterocycles. The van der Waals surface area contributed by atoms with Gasteiger partial charge in [-0.1, -0.05) is 18.2 Å². The highest BCUT2D eigenvalue weighted by Crippen LogP contribution is 2.24. The van der Waals surface area contributed by atoms with Crippen molar-refractivity contribution in [3.05, 3.63) is 60.2 Å². The lowest BCUT2D eigenvalue weighted by molar-refractivity contribution is -0.140. The molecule has 0 aromatic heterocycles. The molecule has 0 spiro atoms. The minimum absolute atomic E-state index is 0.00395. The number of benzene rings is 2.